The van der Waals surface area contributed by atoms with E-state index in [0.29, 0.717) is 13.0 Å². The van der Waals surface area contributed by atoms with Crippen molar-refractivity contribution in [1.82, 2.24) is 4.90 Å². The van der Waals surface area contributed by atoms with E-state index in [-0.39, 0.29) is 29.0 Å². The van der Waals surface area contributed by atoms with Crippen LogP contribution >= 0.6 is 0 Å². The first-order chi connectivity index (χ1) is 13.2. The number of amides is 1. The second kappa shape index (κ2) is 14.7. The number of hydrogen-bond donors (Lipinski definition) is 0. The summed E-state index contributed by atoms with van der Waals surface area (Å²) >= 11 is 0. The smallest absolute Gasteiger partial charge is 0.335 e. The largest absolute Gasteiger partial charge is 2.00 e. The van der Waals surface area contributed by atoms with Crippen LogP contribution < -0.4 is 0 Å². The van der Waals surface area contributed by atoms with Crippen molar-refractivity contribution in [3.05, 3.63) is 125 Å². The molecule has 0 aromatic heterocycles. The molecule has 2 nitrogen and oxygen atoms in total. The van der Waals surface area contributed by atoms with E-state index in [4.69, 9.17) is 0 Å². The Bertz CT molecular complexity index is 554. The predicted octanol–water partition coefficient (Wildman–Crippen LogP) is 4.61. The van der Waals surface area contributed by atoms with E-state index in [1.54, 1.807) is 6.08 Å². The Kier molecular flexibility index (Phi) is 12.9. The predicted molar refractivity (Wildman–Crippen MR) is 113 cm³/mol. The van der Waals surface area contributed by atoms with E-state index < -0.39 is 0 Å². The number of carbonyl (C=O) groups excluding carboxylic acids is 1. The zero-order valence-corrected chi connectivity index (χ0v) is 17.2. The third-order valence-electron chi connectivity index (χ3n) is 4.24. The second-order valence-corrected chi connectivity index (χ2v) is 6.26. The maximum atomic E-state index is 12.5. The monoisotopic (exact) mass is 413 g/mol. The topological polar surface area (TPSA) is 20.3 Å². The molecule has 3 rings (SSSR count). The molecule has 0 unspecified atom stereocenters. The minimum Gasteiger partial charge on any atom is -0.335 e. The van der Waals surface area contributed by atoms with Crippen LogP contribution in [0.5, 0.6) is 0 Å². The van der Waals surface area contributed by atoms with Crippen molar-refractivity contribution in [2.75, 3.05) is 6.54 Å². The van der Waals surface area contributed by atoms with Crippen molar-refractivity contribution in [3.8, 4) is 0 Å². The van der Waals surface area contributed by atoms with Crippen LogP contribution in [0.4, 0.5) is 0 Å². The molecule has 144 valence electrons. The third kappa shape index (κ3) is 8.80. The summed E-state index contributed by atoms with van der Waals surface area (Å²) < 4.78 is 0. The van der Waals surface area contributed by atoms with Crippen LogP contribution in [0.25, 0.3) is 0 Å². The Morgan fingerprint density at radius 1 is 0.929 bits per heavy atom. The molecule has 0 heterocycles. The van der Waals surface area contributed by atoms with Gasteiger partial charge in [0.15, 0.2) is 0 Å². The fraction of sp³-hybridized carbons (Fsp3) is 0.160. The molecule has 0 bridgehead atoms. The number of rotatable bonds is 8. The molecule has 0 N–H and O–H groups in total. The van der Waals surface area contributed by atoms with Gasteiger partial charge in [-0.15, -0.1) is 13.2 Å². The molecule has 10 radical (unpaired) electrons. The molecule has 1 amide bonds. The summed E-state index contributed by atoms with van der Waals surface area (Å²) in [4.78, 5) is 14.4. The van der Waals surface area contributed by atoms with E-state index in [0.717, 1.165) is 12.3 Å². The molecular formula is C25H27FeNO+2. The minimum atomic E-state index is -0.0234. The van der Waals surface area contributed by atoms with Crippen LogP contribution in [0, 0.1) is 63.7 Å². The molecule has 1 atom stereocenters. The van der Waals surface area contributed by atoms with Gasteiger partial charge in [-0.1, -0.05) is 42.5 Å². The summed E-state index contributed by atoms with van der Waals surface area (Å²) in [6, 6.07) is 10.2. The second-order valence-electron chi connectivity index (χ2n) is 6.26. The van der Waals surface area contributed by atoms with Gasteiger partial charge in [-0.25, -0.2) is 0 Å². The molecule has 1 aromatic rings. The van der Waals surface area contributed by atoms with Crippen LogP contribution in [-0.4, -0.2) is 23.4 Å². The van der Waals surface area contributed by atoms with Gasteiger partial charge in [0.1, 0.15) is 0 Å². The minimum absolute atomic E-state index is 0. The molecule has 0 spiro atoms. The molecule has 28 heavy (non-hydrogen) atoms. The SMILES string of the molecule is C=CCC(=O)N(C[C]1[CH][CH][CH][CH]1)[C@H](C=C)Cc1ccccc1.[CH]1[CH][CH][CH][CH]1.[Fe+2]. The normalized spacial score (nSPS) is 17.0. The van der Waals surface area contributed by atoms with Crippen molar-refractivity contribution >= 4 is 5.91 Å². The summed E-state index contributed by atoms with van der Waals surface area (Å²) in [5, 5.41) is 0. The van der Waals surface area contributed by atoms with Crippen LogP contribution in [0.2, 0.25) is 0 Å². The molecule has 2 aliphatic rings. The van der Waals surface area contributed by atoms with Crippen molar-refractivity contribution in [1.29, 1.82) is 0 Å². The number of nitrogens with zero attached hydrogens (tertiary/aromatic N) is 1. The van der Waals surface area contributed by atoms with E-state index in [2.05, 4.69) is 25.3 Å². The molecule has 2 aliphatic carbocycles. The van der Waals surface area contributed by atoms with Crippen molar-refractivity contribution in [3.63, 3.8) is 0 Å². The first kappa shape index (κ1) is 24.7. The maximum Gasteiger partial charge on any atom is 2.00 e. The zero-order valence-electron chi connectivity index (χ0n) is 16.1. The van der Waals surface area contributed by atoms with Gasteiger partial charge in [0, 0.05) is 18.9 Å². The van der Waals surface area contributed by atoms with Gasteiger partial charge >= 0.3 is 17.1 Å². The van der Waals surface area contributed by atoms with Crippen LogP contribution in [0.3, 0.4) is 0 Å². The van der Waals surface area contributed by atoms with Crippen molar-refractivity contribution in [2.24, 2.45) is 0 Å². The van der Waals surface area contributed by atoms with Gasteiger partial charge in [0.25, 0.3) is 0 Å². The zero-order chi connectivity index (χ0) is 19.3. The summed E-state index contributed by atoms with van der Waals surface area (Å²) in [5.74, 6) is 1.22. The van der Waals surface area contributed by atoms with E-state index in [1.807, 2.05) is 87.0 Å². The van der Waals surface area contributed by atoms with E-state index in [1.165, 1.54) is 5.56 Å². The Morgan fingerprint density at radius 3 is 2.00 bits per heavy atom. The van der Waals surface area contributed by atoms with Gasteiger partial charge in [0.05, 0.1) is 6.04 Å². The molecule has 2 saturated carbocycles. The van der Waals surface area contributed by atoms with Crippen LogP contribution in [-0.2, 0) is 28.3 Å². The Hall–Kier alpha value is -1.31. The van der Waals surface area contributed by atoms with E-state index in [9.17, 15) is 4.79 Å². The first-order valence-electron chi connectivity index (χ1n) is 9.18. The fourth-order valence-electron chi connectivity index (χ4n) is 2.84. The third-order valence-corrected chi connectivity index (χ3v) is 4.24. The van der Waals surface area contributed by atoms with Gasteiger partial charge < -0.3 is 4.90 Å². The van der Waals surface area contributed by atoms with Crippen LogP contribution in [0.15, 0.2) is 55.6 Å². The quantitative estimate of drug-likeness (QED) is 0.450. The van der Waals surface area contributed by atoms with Gasteiger partial charge in [0.2, 0.25) is 5.91 Å². The molecular weight excluding hydrogens is 386 g/mol. The van der Waals surface area contributed by atoms with Crippen molar-refractivity contribution in [2.45, 2.75) is 18.9 Å². The van der Waals surface area contributed by atoms with Gasteiger partial charge in [-0.05, 0) is 69.8 Å². The molecule has 3 heteroatoms. The summed E-state index contributed by atoms with van der Waals surface area (Å²) in [6.07, 6.45) is 22.7. The van der Waals surface area contributed by atoms with E-state index >= 15 is 0 Å². The number of benzene rings is 1. The average Bonchev–Trinajstić information content (AvgIpc) is 3.42. The molecule has 0 saturated heterocycles. The Morgan fingerprint density at radius 2 is 1.50 bits per heavy atom. The first-order valence-corrected chi connectivity index (χ1v) is 9.18. The summed E-state index contributed by atoms with van der Waals surface area (Å²) in [5.41, 5.74) is 1.20. The average molecular weight is 413 g/mol. The Labute approximate surface area is 182 Å². The number of hydrogen-bond acceptors (Lipinski definition) is 1. The maximum absolute atomic E-state index is 12.5. The molecule has 2 fully saturated rings. The van der Waals surface area contributed by atoms with Crippen molar-refractivity contribution < 1.29 is 21.9 Å². The molecule has 0 aliphatic heterocycles. The standard InChI is InChI=1S/C20H22NO.C5H5.Fe/c1-3-10-20(22)21(16-18-13-8-9-14-18)19(4-2)15-17-11-6-5-7-12-17;1-2-4-5-3-1;/h3-9,11-14,19H,1-2,10,15-16H2;1-5H;/q;;+2/t19-;;/m1../s1. The fourth-order valence-corrected chi connectivity index (χ4v) is 2.84. The number of carbonyl (C=O) groups is 1. The summed E-state index contributed by atoms with van der Waals surface area (Å²) in [7, 11) is 0. The Balaban J connectivity index is 0.000000567. The van der Waals surface area contributed by atoms with Gasteiger partial charge in [-0.2, -0.15) is 0 Å². The van der Waals surface area contributed by atoms with Gasteiger partial charge in [-0.3, -0.25) is 4.79 Å². The van der Waals surface area contributed by atoms with Crippen LogP contribution in [0.1, 0.15) is 12.0 Å². The summed E-state index contributed by atoms with van der Waals surface area (Å²) in [6.45, 7) is 8.21. The molecule has 1 aromatic carbocycles.